The van der Waals surface area contributed by atoms with E-state index in [4.69, 9.17) is 5.11 Å². The average Bonchev–Trinajstić information content (AvgIpc) is 2.23. The maximum atomic E-state index is 11.0. The third-order valence-electron chi connectivity index (χ3n) is 4.22. The number of anilines is 1. The number of hydrogen-bond acceptors (Lipinski definition) is 3. The molecule has 2 rings (SSSR count). The number of nitrogens with zero attached hydrogens (tertiary/aromatic N) is 1. The molecule has 0 spiro atoms. The Morgan fingerprint density at radius 3 is 2.29 bits per heavy atom. The number of carboxylic acids is 1. The quantitative estimate of drug-likeness (QED) is 0.879. The minimum absolute atomic E-state index is 0.268. The Kier molecular flexibility index (Phi) is 4.00. The topological polar surface area (TPSA) is 62.2 Å². The number of carbonyl (C=O) groups is 1. The fourth-order valence-electron chi connectivity index (χ4n) is 4.02. The van der Waals surface area contributed by atoms with Gasteiger partial charge in [0.25, 0.3) is 0 Å². The first-order valence-electron chi connectivity index (χ1n) is 7.56. The van der Waals surface area contributed by atoms with E-state index in [2.05, 4.69) is 38.0 Å². The summed E-state index contributed by atoms with van der Waals surface area (Å²) in [5.41, 5.74) is 1.46. The van der Waals surface area contributed by atoms with Gasteiger partial charge < -0.3 is 10.4 Å². The Balaban J connectivity index is 2.14. The summed E-state index contributed by atoms with van der Waals surface area (Å²) in [7, 11) is 0. The number of hydrogen-bond donors (Lipinski definition) is 2. The highest BCUT2D eigenvalue weighted by Crippen LogP contribution is 2.46. The van der Waals surface area contributed by atoms with Gasteiger partial charge in [0.05, 0.1) is 11.3 Å². The van der Waals surface area contributed by atoms with Crippen LogP contribution >= 0.6 is 0 Å². The Morgan fingerprint density at radius 2 is 1.81 bits per heavy atom. The number of rotatable bonds is 3. The van der Waals surface area contributed by atoms with Crippen LogP contribution in [0.15, 0.2) is 12.1 Å². The highest BCUT2D eigenvalue weighted by Gasteiger charge is 2.38. The predicted octanol–water partition coefficient (Wildman–Crippen LogP) is 4.11. The van der Waals surface area contributed by atoms with E-state index >= 15 is 0 Å². The van der Waals surface area contributed by atoms with Crippen LogP contribution in [0.3, 0.4) is 0 Å². The van der Waals surface area contributed by atoms with Gasteiger partial charge in [0.1, 0.15) is 5.82 Å². The molecule has 4 heteroatoms. The molecule has 0 atom stereocenters. The molecule has 2 N–H and O–H groups in total. The lowest BCUT2D eigenvalue weighted by molar-refractivity contribution is 0.0695. The second-order valence-electron chi connectivity index (χ2n) is 7.89. The van der Waals surface area contributed by atoms with Crippen molar-refractivity contribution in [2.75, 3.05) is 5.32 Å². The van der Waals surface area contributed by atoms with Crippen LogP contribution in [-0.2, 0) is 0 Å². The molecule has 116 valence electrons. The molecular formula is C17H26N2O2. The molecule has 0 aliphatic heterocycles. The molecule has 1 aromatic heterocycles. The maximum Gasteiger partial charge on any atom is 0.337 e. The highest BCUT2D eigenvalue weighted by molar-refractivity contribution is 5.89. The number of aromatic carboxylic acids is 1. The maximum absolute atomic E-state index is 11.0. The second-order valence-corrected chi connectivity index (χ2v) is 7.89. The number of nitrogens with one attached hydrogen (secondary N) is 1. The van der Waals surface area contributed by atoms with E-state index in [1.807, 2.05) is 0 Å². The third-order valence-corrected chi connectivity index (χ3v) is 4.22. The van der Waals surface area contributed by atoms with Crippen molar-refractivity contribution >= 4 is 11.8 Å². The molecule has 1 aromatic rings. The second kappa shape index (κ2) is 5.32. The summed E-state index contributed by atoms with van der Waals surface area (Å²) in [5, 5.41) is 12.5. The first-order chi connectivity index (χ1) is 9.58. The smallest absolute Gasteiger partial charge is 0.337 e. The van der Waals surface area contributed by atoms with Crippen LogP contribution in [0.1, 0.15) is 63.0 Å². The molecule has 0 unspecified atom stereocenters. The number of carboxylic acid groups (broad SMARTS) is 1. The summed E-state index contributed by atoms with van der Waals surface area (Å²) in [5.74, 6) is -0.150. The summed E-state index contributed by atoms with van der Waals surface area (Å²) in [6.07, 6.45) is 3.44. The fraction of sp³-hybridized carbons (Fsp3) is 0.647. The van der Waals surface area contributed by atoms with Gasteiger partial charge in [0.2, 0.25) is 0 Å². The molecule has 1 aliphatic carbocycles. The molecule has 1 aliphatic rings. The molecular weight excluding hydrogens is 264 g/mol. The molecule has 0 radical (unpaired) electrons. The van der Waals surface area contributed by atoms with Crippen molar-refractivity contribution in [2.45, 2.75) is 59.9 Å². The Morgan fingerprint density at radius 1 is 1.24 bits per heavy atom. The zero-order chi connectivity index (χ0) is 15.8. The van der Waals surface area contributed by atoms with E-state index in [1.54, 1.807) is 19.1 Å². The van der Waals surface area contributed by atoms with Crippen LogP contribution in [0.2, 0.25) is 0 Å². The summed E-state index contributed by atoms with van der Waals surface area (Å²) < 4.78 is 0. The average molecular weight is 290 g/mol. The van der Waals surface area contributed by atoms with Gasteiger partial charge in [-0.25, -0.2) is 9.78 Å². The van der Waals surface area contributed by atoms with Crippen molar-refractivity contribution in [1.82, 2.24) is 4.98 Å². The molecule has 1 fully saturated rings. The van der Waals surface area contributed by atoms with E-state index in [0.29, 0.717) is 22.6 Å². The van der Waals surface area contributed by atoms with Crippen LogP contribution in [0.5, 0.6) is 0 Å². The third kappa shape index (κ3) is 3.96. The molecule has 1 heterocycles. The standard InChI is InChI=1S/C17H26N2O2/c1-11-13(15(20)21)6-7-14(18-11)19-12-8-16(2,3)10-17(4,5)9-12/h6-7,12H,8-10H2,1-5H3,(H,18,19)(H,20,21). The van der Waals surface area contributed by atoms with Crippen molar-refractivity contribution in [2.24, 2.45) is 10.8 Å². The van der Waals surface area contributed by atoms with Crippen LogP contribution in [0.4, 0.5) is 5.82 Å². The normalized spacial score (nSPS) is 21.0. The molecule has 0 amide bonds. The van der Waals surface area contributed by atoms with Gasteiger partial charge in [-0.3, -0.25) is 0 Å². The van der Waals surface area contributed by atoms with Gasteiger partial charge in [0.15, 0.2) is 0 Å². The summed E-state index contributed by atoms with van der Waals surface area (Å²) >= 11 is 0. The Hall–Kier alpha value is -1.58. The largest absolute Gasteiger partial charge is 0.478 e. The van der Waals surface area contributed by atoms with Gasteiger partial charge in [-0.2, -0.15) is 0 Å². The van der Waals surface area contributed by atoms with Crippen molar-refractivity contribution in [3.05, 3.63) is 23.4 Å². The van der Waals surface area contributed by atoms with Crippen LogP contribution < -0.4 is 5.32 Å². The predicted molar refractivity (Wildman–Crippen MR) is 84.8 cm³/mol. The van der Waals surface area contributed by atoms with Crippen molar-refractivity contribution in [3.63, 3.8) is 0 Å². The van der Waals surface area contributed by atoms with Gasteiger partial charge in [-0.1, -0.05) is 27.7 Å². The highest BCUT2D eigenvalue weighted by atomic mass is 16.4. The van der Waals surface area contributed by atoms with E-state index in [-0.39, 0.29) is 5.56 Å². The van der Waals surface area contributed by atoms with Crippen LogP contribution in [-0.4, -0.2) is 22.1 Å². The molecule has 4 nitrogen and oxygen atoms in total. The number of pyridine rings is 1. The van der Waals surface area contributed by atoms with E-state index in [1.165, 1.54) is 6.42 Å². The van der Waals surface area contributed by atoms with E-state index in [9.17, 15) is 4.79 Å². The Bertz CT molecular complexity index is 534. The van der Waals surface area contributed by atoms with Crippen LogP contribution in [0.25, 0.3) is 0 Å². The fourth-order valence-corrected chi connectivity index (χ4v) is 4.02. The first-order valence-corrected chi connectivity index (χ1v) is 7.56. The SMILES string of the molecule is Cc1nc(NC2CC(C)(C)CC(C)(C)C2)ccc1C(=O)O. The van der Waals surface area contributed by atoms with E-state index in [0.717, 1.165) is 18.7 Å². The number of aryl methyl sites for hydroxylation is 1. The number of aromatic nitrogens is 1. The minimum atomic E-state index is -0.925. The van der Waals surface area contributed by atoms with E-state index < -0.39 is 5.97 Å². The Labute approximate surface area is 127 Å². The lowest BCUT2D eigenvalue weighted by Gasteiger charge is -2.45. The first kappa shape index (κ1) is 15.8. The minimum Gasteiger partial charge on any atom is -0.478 e. The van der Waals surface area contributed by atoms with Crippen molar-refractivity contribution < 1.29 is 9.90 Å². The molecule has 0 aromatic carbocycles. The van der Waals surface area contributed by atoms with Gasteiger partial charge in [-0.15, -0.1) is 0 Å². The van der Waals surface area contributed by atoms with Crippen molar-refractivity contribution in [1.29, 1.82) is 0 Å². The molecule has 1 saturated carbocycles. The zero-order valence-electron chi connectivity index (χ0n) is 13.7. The van der Waals surface area contributed by atoms with Crippen LogP contribution in [0, 0.1) is 17.8 Å². The zero-order valence-corrected chi connectivity index (χ0v) is 13.7. The van der Waals surface area contributed by atoms with Crippen molar-refractivity contribution in [3.8, 4) is 0 Å². The van der Waals surface area contributed by atoms with Gasteiger partial charge in [-0.05, 0) is 49.1 Å². The lowest BCUT2D eigenvalue weighted by Crippen LogP contribution is -2.40. The van der Waals surface area contributed by atoms with Gasteiger partial charge >= 0.3 is 5.97 Å². The molecule has 0 bridgehead atoms. The molecule has 21 heavy (non-hydrogen) atoms. The summed E-state index contributed by atoms with van der Waals surface area (Å²) in [6, 6.07) is 3.78. The monoisotopic (exact) mass is 290 g/mol. The summed E-state index contributed by atoms with van der Waals surface area (Å²) in [4.78, 5) is 15.4. The molecule has 0 saturated heterocycles. The van der Waals surface area contributed by atoms with Gasteiger partial charge in [0, 0.05) is 6.04 Å². The summed E-state index contributed by atoms with van der Waals surface area (Å²) in [6.45, 7) is 11.0. The lowest BCUT2D eigenvalue weighted by atomic mass is 9.63.